The Morgan fingerprint density at radius 3 is 1.45 bits per heavy atom. The van der Waals surface area contributed by atoms with Crippen LogP contribution in [0.2, 0.25) is 0 Å². The van der Waals surface area contributed by atoms with Crippen LogP contribution >= 0.6 is 0 Å². The smallest absolute Gasteiger partial charge is 0.270 e. The molecule has 5 amide bonds. The summed E-state index contributed by atoms with van der Waals surface area (Å²) in [7, 11) is 0. The van der Waals surface area contributed by atoms with Crippen molar-refractivity contribution in [3.63, 3.8) is 0 Å². The Balaban J connectivity index is 0.997. The molecule has 6 aromatic rings. The molecule has 0 saturated carbocycles. The monoisotopic (exact) mass is 950 g/mol. The normalized spacial score (nSPS) is 13.0. The average molecular weight is 951 g/mol. The SMILES string of the molecule is O=Cc1cc(C(=O)N(CCCCCCCN2C(=O)c3ccccc3C2=O)CCCCCCCN2C(=O)c3ccccc3C2=O)n(Cc2cccc(CO)c2)c1C#CC(O)(c1ccccc1)c1ccccc1. The molecule has 2 N–H and O–H groups in total. The third-order valence-electron chi connectivity index (χ3n) is 13.4. The lowest BCUT2D eigenvalue weighted by Gasteiger charge is -2.24. The third kappa shape index (κ3) is 11.2. The molecule has 2 aliphatic rings. The molecule has 0 aliphatic carbocycles. The number of imide groups is 2. The van der Waals surface area contributed by atoms with Crippen molar-refractivity contribution in [1.29, 1.82) is 0 Å². The summed E-state index contributed by atoms with van der Waals surface area (Å²) in [6, 6.07) is 40.8. The van der Waals surface area contributed by atoms with Crippen LogP contribution < -0.4 is 0 Å². The van der Waals surface area contributed by atoms with Gasteiger partial charge < -0.3 is 19.7 Å². The first kappa shape index (κ1) is 49.7. The van der Waals surface area contributed by atoms with Gasteiger partial charge in [0, 0.05) is 49.4 Å². The first-order chi connectivity index (χ1) is 34.6. The molecule has 71 heavy (non-hydrogen) atoms. The quantitative estimate of drug-likeness (QED) is 0.0279. The Bertz CT molecular complexity index is 2770. The van der Waals surface area contributed by atoms with Gasteiger partial charge in [0.1, 0.15) is 11.4 Å². The second kappa shape index (κ2) is 23.3. The Morgan fingerprint density at radius 1 is 0.549 bits per heavy atom. The van der Waals surface area contributed by atoms with Gasteiger partial charge in [-0.05, 0) is 73.1 Å². The lowest BCUT2D eigenvalue weighted by Crippen LogP contribution is -2.34. The largest absolute Gasteiger partial charge is 0.392 e. The van der Waals surface area contributed by atoms with E-state index in [-0.39, 0.29) is 59.6 Å². The summed E-state index contributed by atoms with van der Waals surface area (Å²) in [4.78, 5) is 84.1. The lowest BCUT2D eigenvalue weighted by atomic mass is 9.87. The molecule has 8 rings (SSSR count). The summed E-state index contributed by atoms with van der Waals surface area (Å²) in [6.45, 7) is 1.51. The van der Waals surface area contributed by atoms with Crippen molar-refractivity contribution in [1.82, 2.24) is 19.3 Å². The maximum Gasteiger partial charge on any atom is 0.270 e. The number of benzene rings is 5. The number of hydrogen-bond acceptors (Lipinski definition) is 8. The fourth-order valence-corrected chi connectivity index (χ4v) is 9.54. The first-order valence-corrected chi connectivity index (χ1v) is 24.6. The number of fused-ring (bicyclic) bond motifs is 2. The molecule has 0 radical (unpaired) electrons. The lowest BCUT2D eigenvalue weighted by molar-refractivity contribution is 0.0636. The summed E-state index contributed by atoms with van der Waals surface area (Å²) in [5.74, 6) is 4.94. The second-order valence-corrected chi connectivity index (χ2v) is 18.2. The molecule has 12 nitrogen and oxygen atoms in total. The number of rotatable bonds is 23. The van der Waals surface area contributed by atoms with E-state index < -0.39 is 5.60 Å². The van der Waals surface area contributed by atoms with Crippen molar-refractivity contribution in [3.8, 4) is 11.8 Å². The Morgan fingerprint density at radius 2 is 0.986 bits per heavy atom. The van der Waals surface area contributed by atoms with Gasteiger partial charge in [-0.3, -0.25) is 38.6 Å². The molecule has 0 unspecified atom stereocenters. The van der Waals surface area contributed by atoms with Crippen LogP contribution in [0.25, 0.3) is 0 Å². The van der Waals surface area contributed by atoms with E-state index in [2.05, 4.69) is 11.8 Å². The van der Waals surface area contributed by atoms with Crippen molar-refractivity contribution in [2.75, 3.05) is 26.2 Å². The number of aliphatic hydroxyl groups is 2. The summed E-state index contributed by atoms with van der Waals surface area (Å²) in [6.07, 6.45) is 8.22. The molecule has 3 heterocycles. The van der Waals surface area contributed by atoms with Gasteiger partial charge in [0.25, 0.3) is 29.5 Å². The fourth-order valence-electron chi connectivity index (χ4n) is 9.54. The van der Waals surface area contributed by atoms with Crippen LogP contribution in [-0.2, 0) is 18.8 Å². The van der Waals surface area contributed by atoms with Gasteiger partial charge in [0.2, 0.25) is 0 Å². The fraction of sp³-hybridized carbons (Fsp3) is 0.288. The Hall–Kier alpha value is -7.72. The van der Waals surface area contributed by atoms with E-state index in [1.807, 2.05) is 59.5 Å². The number of aliphatic hydroxyl groups excluding tert-OH is 1. The number of aromatic nitrogens is 1. The number of amides is 5. The van der Waals surface area contributed by atoms with Crippen LogP contribution in [0.3, 0.4) is 0 Å². The van der Waals surface area contributed by atoms with Crippen LogP contribution in [0.4, 0.5) is 0 Å². The molecule has 12 heteroatoms. The van der Waals surface area contributed by atoms with E-state index in [4.69, 9.17) is 0 Å². The highest BCUT2D eigenvalue weighted by Crippen LogP contribution is 2.30. The van der Waals surface area contributed by atoms with Gasteiger partial charge in [0.15, 0.2) is 11.9 Å². The maximum atomic E-state index is 15.1. The van der Waals surface area contributed by atoms with Crippen LogP contribution in [0.5, 0.6) is 0 Å². The number of carbonyl (C=O) groups is 6. The average Bonchev–Trinajstić information content (AvgIpc) is 3.97. The minimum atomic E-state index is -1.76. The zero-order chi connectivity index (χ0) is 49.7. The highest BCUT2D eigenvalue weighted by molar-refractivity contribution is 6.22. The Kier molecular flexibility index (Phi) is 16.3. The molecular formula is C59H58N4O8. The van der Waals surface area contributed by atoms with Crippen molar-refractivity contribution in [3.05, 3.63) is 201 Å². The van der Waals surface area contributed by atoms with E-state index in [0.717, 1.165) is 44.1 Å². The van der Waals surface area contributed by atoms with Gasteiger partial charge in [-0.15, -0.1) is 0 Å². The highest BCUT2D eigenvalue weighted by atomic mass is 16.3. The molecule has 5 aromatic carbocycles. The molecule has 0 fully saturated rings. The number of hydrogen-bond donors (Lipinski definition) is 2. The number of unbranched alkanes of at least 4 members (excludes halogenated alkanes) is 8. The summed E-state index contributed by atoms with van der Waals surface area (Å²) in [5.41, 5.74) is 3.24. The van der Waals surface area contributed by atoms with Gasteiger partial charge in [0.05, 0.1) is 28.9 Å². The predicted octanol–water partition coefficient (Wildman–Crippen LogP) is 9.06. The van der Waals surface area contributed by atoms with E-state index in [1.54, 1.807) is 89.5 Å². The van der Waals surface area contributed by atoms with Gasteiger partial charge in [-0.25, -0.2) is 0 Å². The molecule has 362 valence electrons. The van der Waals surface area contributed by atoms with Crippen LogP contribution in [-0.4, -0.2) is 91.5 Å². The van der Waals surface area contributed by atoms with E-state index in [1.165, 1.54) is 9.80 Å². The minimum absolute atomic E-state index is 0.149. The molecular weight excluding hydrogens is 893 g/mol. The van der Waals surface area contributed by atoms with Gasteiger partial charge >= 0.3 is 0 Å². The highest BCUT2D eigenvalue weighted by Gasteiger charge is 2.36. The Labute approximate surface area is 414 Å². The molecule has 1 aromatic heterocycles. The predicted molar refractivity (Wildman–Crippen MR) is 270 cm³/mol. The number of aldehydes is 1. The molecule has 0 bridgehead atoms. The van der Waals surface area contributed by atoms with Crippen LogP contribution in [0, 0.1) is 11.8 Å². The first-order valence-electron chi connectivity index (χ1n) is 24.6. The zero-order valence-electron chi connectivity index (χ0n) is 39.8. The van der Waals surface area contributed by atoms with Crippen LogP contribution in [0.15, 0.2) is 140 Å². The second-order valence-electron chi connectivity index (χ2n) is 18.2. The summed E-state index contributed by atoms with van der Waals surface area (Å²) >= 11 is 0. The van der Waals surface area contributed by atoms with Crippen molar-refractivity contribution in [2.24, 2.45) is 0 Å². The molecule has 2 aliphatic heterocycles. The topological polar surface area (TPSA) is 158 Å². The number of carbonyl (C=O) groups excluding carboxylic acids is 6. The number of nitrogens with zero attached hydrogens (tertiary/aromatic N) is 4. The molecule has 0 spiro atoms. The van der Waals surface area contributed by atoms with E-state index in [0.29, 0.717) is 97.1 Å². The summed E-state index contributed by atoms with van der Waals surface area (Å²) in [5, 5.41) is 22.4. The molecule has 0 atom stereocenters. The summed E-state index contributed by atoms with van der Waals surface area (Å²) < 4.78 is 1.73. The van der Waals surface area contributed by atoms with Crippen molar-refractivity contribution >= 4 is 35.8 Å². The van der Waals surface area contributed by atoms with Gasteiger partial charge in [-0.1, -0.05) is 154 Å². The third-order valence-corrected chi connectivity index (χ3v) is 13.4. The maximum absolute atomic E-state index is 15.1. The zero-order valence-corrected chi connectivity index (χ0v) is 39.8. The van der Waals surface area contributed by atoms with E-state index in [9.17, 15) is 34.2 Å². The van der Waals surface area contributed by atoms with E-state index >= 15 is 4.79 Å². The van der Waals surface area contributed by atoms with Crippen molar-refractivity contribution < 1.29 is 39.0 Å². The van der Waals surface area contributed by atoms with Gasteiger partial charge in [-0.2, -0.15) is 0 Å². The van der Waals surface area contributed by atoms with Crippen molar-refractivity contribution in [2.45, 2.75) is 83.0 Å². The molecule has 0 saturated heterocycles. The van der Waals surface area contributed by atoms with Crippen LogP contribution in [0.1, 0.15) is 154 Å². The minimum Gasteiger partial charge on any atom is -0.392 e. The standard InChI is InChI=1S/C59H58N4O8/c64-41-44-23-21-22-43(38-44)40-63-52(32-33-59(71,46-24-9-7-10-25-46)47-26-11-8-12-27-47)45(42-65)39-53(63)58(70)60(34-17-3-1-5-19-36-61-54(66)48-28-13-14-29-49(48)55(61)67)35-18-4-2-6-20-37-62-56(68)50-30-15-16-31-51(50)57(62)69/h7-16,21-31,38-39,42,64,71H,1-6,17-20,34-37,40-41H2.